The fraction of sp³-hybridized carbons (Fsp3) is 0.167. The molecule has 7 nitrogen and oxygen atoms in total. The van der Waals surface area contributed by atoms with Gasteiger partial charge in [0.15, 0.2) is 0 Å². The van der Waals surface area contributed by atoms with E-state index in [9.17, 15) is 4.79 Å². The fourth-order valence-corrected chi connectivity index (χ4v) is 1.53. The van der Waals surface area contributed by atoms with E-state index in [0.29, 0.717) is 0 Å². The number of methoxy groups -OCH3 is 2. The van der Waals surface area contributed by atoms with E-state index in [1.807, 2.05) is 0 Å². The molecular formula is C12H10ClN3O4. The highest BCUT2D eigenvalue weighted by Gasteiger charge is 2.16. The molecule has 0 unspecified atom stereocenters. The van der Waals surface area contributed by atoms with E-state index in [0.717, 1.165) is 0 Å². The Labute approximate surface area is 119 Å². The molecule has 0 N–H and O–H groups in total. The molecule has 2 aromatic rings. The van der Waals surface area contributed by atoms with Gasteiger partial charge in [0.1, 0.15) is 0 Å². The summed E-state index contributed by atoms with van der Waals surface area (Å²) in [5, 5.41) is 0.269. The molecule has 1 heterocycles. The van der Waals surface area contributed by atoms with Gasteiger partial charge in [-0.1, -0.05) is 23.7 Å². The van der Waals surface area contributed by atoms with Crippen LogP contribution in [0.1, 0.15) is 10.4 Å². The molecule has 0 aliphatic carbocycles. The van der Waals surface area contributed by atoms with Gasteiger partial charge in [0.2, 0.25) is 0 Å². The van der Waals surface area contributed by atoms with Crippen LogP contribution in [0.3, 0.4) is 0 Å². The Kier molecular flexibility index (Phi) is 4.31. The Morgan fingerprint density at radius 2 is 1.55 bits per heavy atom. The zero-order valence-corrected chi connectivity index (χ0v) is 11.4. The molecular weight excluding hydrogens is 286 g/mol. The summed E-state index contributed by atoms with van der Waals surface area (Å²) in [7, 11) is 2.74. The van der Waals surface area contributed by atoms with Gasteiger partial charge in [-0.3, -0.25) is 0 Å². The second-order valence-electron chi connectivity index (χ2n) is 3.46. The molecule has 0 fully saturated rings. The van der Waals surface area contributed by atoms with Crippen molar-refractivity contribution >= 4 is 17.6 Å². The second-order valence-corrected chi connectivity index (χ2v) is 3.87. The minimum absolute atomic E-state index is 0.0289. The van der Waals surface area contributed by atoms with E-state index < -0.39 is 5.97 Å². The lowest BCUT2D eigenvalue weighted by Gasteiger charge is -2.06. The van der Waals surface area contributed by atoms with Gasteiger partial charge >= 0.3 is 24.0 Å². The molecule has 0 spiro atoms. The van der Waals surface area contributed by atoms with Gasteiger partial charge in [-0.05, 0) is 12.1 Å². The topological polar surface area (TPSA) is 83.4 Å². The lowest BCUT2D eigenvalue weighted by Crippen LogP contribution is -2.12. The van der Waals surface area contributed by atoms with Crippen LogP contribution >= 0.6 is 11.6 Å². The third-order valence-corrected chi connectivity index (χ3v) is 2.55. The van der Waals surface area contributed by atoms with Crippen molar-refractivity contribution in [3.63, 3.8) is 0 Å². The summed E-state index contributed by atoms with van der Waals surface area (Å²) in [4.78, 5) is 23.3. The predicted octanol–water partition coefficient (Wildman–Crippen LogP) is 1.76. The molecule has 0 bridgehead atoms. The summed E-state index contributed by atoms with van der Waals surface area (Å²) < 4.78 is 14.7. The van der Waals surface area contributed by atoms with Gasteiger partial charge in [0.05, 0.1) is 24.8 Å². The molecule has 104 valence electrons. The summed E-state index contributed by atoms with van der Waals surface area (Å²) in [6, 6.07) is 6.18. The maximum Gasteiger partial charge on any atom is 0.347 e. The van der Waals surface area contributed by atoms with Crippen molar-refractivity contribution < 1.29 is 19.0 Å². The summed E-state index contributed by atoms with van der Waals surface area (Å²) in [6.07, 6.45) is 0. The van der Waals surface area contributed by atoms with Crippen LogP contribution in [0.25, 0.3) is 0 Å². The number of nitrogens with zero attached hydrogens (tertiary/aromatic N) is 3. The minimum Gasteiger partial charge on any atom is -0.467 e. The number of ether oxygens (including phenoxy) is 3. The summed E-state index contributed by atoms with van der Waals surface area (Å²) >= 11 is 5.90. The summed E-state index contributed by atoms with van der Waals surface area (Å²) in [5.74, 6) is -0.689. The van der Waals surface area contributed by atoms with E-state index in [4.69, 9.17) is 25.8 Å². The Balaban J connectivity index is 2.26. The summed E-state index contributed by atoms with van der Waals surface area (Å²) in [5.41, 5.74) is 0.201. The third-order valence-electron chi connectivity index (χ3n) is 2.22. The van der Waals surface area contributed by atoms with Crippen LogP contribution in [-0.4, -0.2) is 35.1 Å². The molecule has 20 heavy (non-hydrogen) atoms. The van der Waals surface area contributed by atoms with Crippen molar-refractivity contribution in [2.75, 3.05) is 14.2 Å². The van der Waals surface area contributed by atoms with Crippen LogP contribution in [0.2, 0.25) is 5.02 Å². The SMILES string of the molecule is COc1nc(OC)nc(OC(=O)c2ccccc2Cl)n1. The second kappa shape index (κ2) is 6.16. The molecule has 0 radical (unpaired) electrons. The lowest BCUT2D eigenvalue weighted by atomic mass is 10.2. The Bertz CT molecular complexity index is 614. The standard InChI is InChI=1S/C12H10ClN3O4/c1-18-10-14-11(19-2)16-12(15-10)20-9(17)7-5-3-4-6-8(7)13/h3-6H,1-2H3. The number of aromatic nitrogens is 3. The first-order chi connectivity index (χ1) is 9.63. The van der Waals surface area contributed by atoms with Crippen molar-refractivity contribution in [3.8, 4) is 18.0 Å². The first kappa shape index (κ1) is 14.0. The van der Waals surface area contributed by atoms with Gasteiger partial charge in [-0.2, -0.15) is 0 Å². The number of esters is 1. The first-order valence-electron chi connectivity index (χ1n) is 5.45. The van der Waals surface area contributed by atoms with E-state index in [1.165, 1.54) is 20.3 Å². The molecule has 1 aromatic carbocycles. The van der Waals surface area contributed by atoms with Crippen LogP contribution in [0.4, 0.5) is 0 Å². The van der Waals surface area contributed by atoms with Crippen LogP contribution in [0.15, 0.2) is 24.3 Å². The fourth-order valence-electron chi connectivity index (χ4n) is 1.31. The zero-order chi connectivity index (χ0) is 14.5. The average Bonchev–Trinajstić information content (AvgIpc) is 2.47. The van der Waals surface area contributed by atoms with Crippen LogP contribution in [-0.2, 0) is 0 Å². The number of benzene rings is 1. The molecule has 8 heteroatoms. The molecule has 0 aliphatic heterocycles. The number of carbonyl (C=O) groups excluding carboxylic acids is 1. The molecule has 0 atom stereocenters. The quantitative estimate of drug-likeness (QED) is 0.795. The Morgan fingerprint density at radius 1 is 1.00 bits per heavy atom. The monoisotopic (exact) mass is 295 g/mol. The average molecular weight is 296 g/mol. The highest BCUT2D eigenvalue weighted by molar-refractivity contribution is 6.33. The van der Waals surface area contributed by atoms with Crippen molar-refractivity contribution in [2.45, 2.75) is 0 Å². The maximum atomic E-state index is 11.9. The molecule has 1 aromatic heterocycles. The minimum atomic E-state index is -0.689. The van der Waals surface area contributed by atoms with Crippen molar-refractivity contribution in [2.24, 2.45) is 0 Å². The largest absolute Gasteiger partial charge is 0.467 e. The maximum absolute atomic E-state index is 11.9. The number of carbonyl (C=O) groups is 1. The van der Waals surface area contributed by atoms with Crippen molar-refractivity contribution in [1.29, 1.82) is 0 Å². The third kappa shape index (κ3) is 3.12. The number of halogens is 1. The highest BCUT2D eigenvalue weighted by atomic mass is 35.5. The molecule has 2 rings (SSSR count). The summed E-state index contributed by atoms with van der Waals surface area (Å²) in [6.45, 7) is 0. The van der Waals surface area contributed by atoms with Crippen molar-refractivity contribution in [1.82, 2.24) is 15.0 Å². The number of hydrogen-bond acceptors (Lipinski definition) is 7. The number of rotatable bonds is 4. The van der Waals surface area contributed by atoms with E-state index >= 15 is 0 Å². The van der Waals surface area contributed by atoms with Gasteiger partial charge in [0.25, 0.3) is 0 Å². The molecule has 0 saturated carbocycles. The molecule has 0 amide bonds. The Hall–Kier alpha value is -2.41. The smallest absolute Gasteiger partial charge is 0.347 e. The van der Waals surface area contributed by atoms with Crippen LogP contribution in [0, 0.1) is 0 Å². The van der Waals surface area contributed by atoms with Crippen LogP contribution < -0.4 is 14.2 Å². The first-order valence-corrected chi connectivity index (χ1v) is 5.82. The van der Waals surface area contributed by atoms with E-state index in [1.54, 1.807) is 18.2 Å². The van der Waals surface area contributed by atoms with Gasteiger partial charge < -0.3 is 14.2 Å². The normalized spacial score (nSPS) is 9.95. The van der Waals surface area contributed by atoms with Crippen molar-refractivity contribution in [3.05, 3.63) is 34.9 Å². The van der Waals surface area contributed by atoms with Gasteiger partial charge in [0, 0.05) is 0 Å². The van der Waals surface area contributed by atoms with E-state index in [-0.39, 0.29) is 28.6 Å². The zero-order valence-electron chi connectivity index (χ0n) is 10.7. The lowest BCUT2D eigenvalue weighted by molar-refractivity contribution is 0.0716. The predicted molar refractivity (Wildman–Crippen MR) is 69.3 cm³/mol. The van der Waals surface area contributed by atoms with Gasteiger partial charge in [-0.15, -0.1) is 15.0 Å². The highest BCUT2D eigenvalue weighted by Crippen LogP contribution is 2.18. The Morgan fingerprint density at radius 3 is 2.10 bits per heavy atom. The van der Waals surface area contributed by atoms with Crippen LogP contribution in [0.5, 0.6) is 18.0 Å². The number of hydrogen-bond donors (Lipinski definition) is 0. The molecule has 0 saturated heterocycles. The molecule has 0 aliphatic rings. The van der Waals surface area contributed by atoms with E-state index in [2.05, 4.69) is 15.0 Å². The van der Waals surface area contributed by atoms with Gasteiger partial charge in [-0.25, -0.2) is 4.79 Å².